The minimum atomic E-state index is -0.399. The number of nitrogens with zero attached hydrogens (tertiary/aromatic N) is 4. The Bertz CT molecular complexity index is 1140. The summed E-state index contributed by atoms with van der Waals surface area (Å²) in [6, 6.07) is 8.16. The van der Waals surface area contributed by atoms with E-state index in [-0.39, 0.29) is 17.1 Å². The van der Waals surface area contributed by atoms with Gasteiger partial charge in [0.2, 0.25) is 11.1 Å². The van der Waals surface area contributed by atoms with Gasteiger partial charge in [-0.25, -0.2) is 9.37 Å². The van der Waals surface area contributed by atoms with Crippen LogP contribution in [-0.4, -0.2) is 31.4 Å². The predicted octanol–water partition coefficient (Wildman–Crippen LogP) is 4.25. The Labute approximate surface area is 178 Å². The zero-order chi connectivity index (χ0) is 22.1. The largest absolute Gasteiger partial charge is 0.310 e. The van der Waals surface area contributed by atoms with E-state index in [1.54, 1.807) is 23.6 Å². The van der Waals surface area contributed by atoms with Gasteiger partial charge in [-0.1, -0.05) is 38.6 Å². The summed E-state index contributed by atoms with van der Waals surface area (Å²) < 4.78 is 15.5. The molecule has 0 atom stereocenters. The van der Waals surface area contributed by atoms with E-state index >= 15 is 0 Å². The van der Waals surface area contributed by atoms with Gasteiger partial charge in [0, 0.05) is 11.1 Å². The topological polar surface area (TPSA) is 99.4 Å². The summed E-state index contributed by atoms with van der Waals surface area (Å²) >= 11 is 1.20. The normalized spacial score (nSPS) is 11.4. The van der Waals surface area contributed by atoms with Gasteiger partial charge in [0.05, 0.1) is 17.0 Å². The third-order valence-electron chi connectivity index (χ3n) is 4.66. The van der Waals surface area contributed by atoms with Gasteiger partial charge in [-0.2, -0.15) is 5.26 Å². The molecule has 0 fully saturated rings. The first-order valence-corrected chi connectivity index (χ1v) is 10.3. The van der Waals surface area contributed by atoms with Gasteiger partial charge in [0.15, 0.2) is 0 Å². The highest BCUT2D eigenvalue weighted by molar-refractivity contribution is 7.99. The molecule has 0 spiro atoms. The molecule has 30 heavy (non-hydrogen) atoms. The average Bonchev–Trinajstić information content (AvgIpc) is 3.24. The van der Waals surface area contributed by atoms with Gasteiger partial charge in [-0.3, -0.25) is 14.5 Å². The van der Waals surface area contributed by atoms with E-state index in [9.17, 15) is 14.4 Å². The van der Waals surface area contributed by atoms with Crippen molar-refractivity contribution in [3.8, 4) is 11.8 Å². The fourth-order valence-electron chi connectivity index (χ4n) is 2.94. The first kappa shape index (κ1) is 21.6. The summed E-state index contributed by atoms with van der Waals surface area (Å²) in [5.74, 6) is 0.425. The first-order valence-electron chi connectivity index (χ1n) is 9.35. The molecule has 0 aliphatic heterocycles. The van der Waals surface area contributed by atoms with Crippen molar-refractivity contribution in [1.29, 1.82) is 5.26 Å². The van der Waals surface area contributed by atoms with Crippen molar-refractivity contribution in [2.75, 3.05) is 11.1 Å². The fraction of sp³-hybridized carbons (Fsp3) is 0.333. The summed E-state index contributed by atoms with van der Waals surface area (Å²) in [5, 5.41) is 19.9. The molecular weight excluding hydrogens is 403 g/mol. The number of aromatic nitrogens is 4. The Kier molecular flexibility index (Phi) is 5.99. The molecular formula is C21H23FN6OS. The lowest BCUT2D eigenvalue weighted by Gasteiger charge is -2.13. The summed E-state index contributed by atoms with van der Waals surface area (Å²) in [6.45, 7) is 9.68. The van der Waals surface area contributed by atoms with Gasteiger partial charge in [0.1, 0.15) is 23.5 Å². The average molecular weight is 427 g/mol. The van der Waals surface area contributed by atoms with Gasteiger partial charge in [-0.05, 0) is 37.6 Å². The fourth-order valence-corrected chi connectivity index (χ4v) is 3.54. The molecule has 0 unspecified atom stereocenters. The Morgan fingerprint density at radius 3 is 2.70 bits per heavy atom. The molecule has 7 nitrogen and oxygen atoms in total. The number of carbonyl (C=O) groups is 1. The van der Waals surface area contributed by atoms with Crippen molar-refractivity contribution in [2.45, 2.75) is 45.2 Å². The van der Waals surface area contributed by atoms with E-state index < -0.39 is 5.82 Å². The van der Waals surface area contributed by atoms with Gasteiger partial charge in [0.25, 0.3) is 0 Å². The van der Waals surface area contributed by atoms with E-state index in [2.05, 4.69) is 26.6 Å². The molecule has 0 radical (unpaired) electrons. The highest BCUT2D eigenvalue weighted by Gasteiger charge is 2.22. The second kappa shape index (κ2) is 8.32. The number of hydrogen-bond donors (Lipinski definition) is 2. The molecule has 0 saturated heterocycles. The number of nitriles is 1. The monoisotopic (exact) mass is 426 g/mol. The highest BCUT2D eigenvalue weighted by atomic mass is 32.2. The number of thioether (sulfide) groups is 1. The number of nitrogens with one attached hydrogen (secondary N) is 2. The van der Waals surface area contributed by atoms with Crippen LogP contribution in [-0.2, 0) is 10.2 Å². The highest BCUT2D eigenvalue weighted by Crippen LogP contribution is 2.30. The molecule has 1 aromatic carbocycles. The standard InChI is InChI=1S/C21H23FN6OS/c1-12-13(2)28(15-8-6-7-14(22)9-15)18(16(12)10-23)24-17(29)11-30-20-25-19(26-27-20)21(3,4)5/h6-9H,11H2,1-5H3,(H,24,29)(H,25,26,27). The Hall–Kier alpha value is -3.12. The van der Waals surface area contributed by atoms with Crippen LogP contribution in [0.2, 0.25) is 0 Å². The summed E-state index contributed by atoms with van der Waals surface area (Å²) in [5.41, 5.74) is 2.20. The predicted molar refractivity (Wildman–Crippen MR) is 114 cm³/mol. The Balaban J connectivity index is 1.84. The van der Waals surface area contributed by atoms with Crippen molar-refractivity contribution in [2.24, 2.45) is 0 Å². The van der Waals surface area contributed by atoms with Crippen molar-refractivity contribution in [1.82, 2.24) is 19.7 Å². The molecule has 0 bridgehead atoms. The zero-order valence-electron chi connectivity index (χ0n) is 17.5. The number of rotatable bonds is 5. The minimum absolute atomic E-state index is 0.0682. The van der Waals surface area contributed by atoms with E-state index in [0.29, 0.717) is 22.2 Å². The third-order valence-corrected chi connectivity index (χ3v) is 5.50. The van der Waals surface area contributed by atoms with Crippen molar-refractivity contribution < 1.29 is 9.18 Å². The first-order chi connectivity index (χ1) is 14.1. The second-order valence-corrected chi connectivity index (χ2v) is 8.86. The van der Waals surface area contributed by atoms with Gasteiger partial charge in [-0.15, -0.1) is 5.10 Å². The number of halogens is 1. The van der Waals surface area contributed by atoms with Gasteiger partial charge < -0.3 is 5.32 Å². The summed E-state index contributed by atoms with van der Waals surface area (Å²) in [4.78, 5) is 17.0. The third kappa shape index (κ3) is 4.39. The number of hydrogen-bond acceptors (Lipinski definition) is 5. The maximum Gasteiger partial charge on any atom is 0.236 e. The molecule has 2 aromatic heterocycles. The van der Waals surface area contributed by atoms with Crippen molar-refractivity contribution >= 4 is 23.5 Å². The van der Waals surface area contributed by atoms with Gasteiger partial charge >= 0.3 is 0 Å². The molecule has 3 rings (SSSR count). The Morgan fingerprint density at radius 2 is 2.10 bits per heavy atom. The van der Waals surface area contributed by atoms with Crippen LogP contribution in [0.25, 0.3) is 5.69 Å². The molecule has 2 heterocycles. The van der Waals surface area contributed by atoms with Crippen molar-refractivity contribution in [3.05, 3.63) is 52.7 Å². The smallest absolute Gasteiger partial charge is 0.236 e. The number of anilines is 1. The molecule has 156 valence electrons. The lowest BCUT2D eigenvalue weighted by molar-refractivity contribution is -0.113. The van der Waals surface area contributed by atoms with Crippen LogP contribution in [0.5, 0.6) is 0 Å². The van der Waals surface area contributed by atoms with Crippen LogP contribution < -0.4 is 5.32 Å². The Morgan fingerprint density at radius 1 is 1.37 bits per heavy atom. The number of H-pyrrole nitrogens is 1. The molecule has 2 N–H and O–H groups in total. The summed E-state index contributed by atoms with van der Waals surface area (Å²) in [7, 11) is 0. The quantitative estimate of drug-likeness (QED) is 0.594. The van der Waals surface area contributed by atoms with Crippen LogP contribution in [0, 0.1) is 31.0 Å². The lowest BCUT2D eigenvalue weighted by Crippen LogP contribution is -2.18. The second-order valence-electron chi connectivity index (χ2n) is 7.91. The molecule has 0 aliphatic rings. The number of aromatic amines is 1. The van der Waals surface area contributed by atoms with Crippen molar-refractivity contribution in [3.63, 3.8) is 0 Å². The van der Waals surface area contributed by atoms with Crippen LogP contribution >= 0.6 is 11.8 Å². The molecule has 3 aromatic rings. The molecule has 0 aliphatic carbocycles. The molecule has 0 saturated carbocycles. The number of benzene rings is 1. The molecule has 9 heteroatoms. The SMILES string of the molecule is Cc1c(C#N)c(NC(=O)CSc2n[nH]c(C(C)(C)C)n2)n(-c2cccc(F)c2)c1C. The molecule has 1 amide bonds. The lowest BCUT2D eigenvalue weighted by atomic mass is 9.96. The number of amides is 1. The van der Waals surface area contributed by atoms with Crippen LogP contribution in [0.4, 0.5) is 10.2 Å². The summed E-state index contributed by atoms with van der Waals surface area (Å²) in [6.07, 6.45) is 0. The van der Waals surface area contributed by atoms with Crippen LogP contribution in [0.1, 0.15) is 43.4 Å². The zero-order valence-corrected chi connectivity index (χ0v) is 18.3. The van der Waals surface area contributed by atoms with E-state index in [4.69, 9.17) is 0 Å². The minimum Gasteiger partial charge on any atom is -0.310 e. The van der Waals surface area contributed by atoms with E-state index in [1.165, 1.54) is 23.9 Å². The van der Waals surface area contributed by atoms with E-state index in [0.717, 1.165) is 17.1 Å². The van der Waals surface area contributed by atoms with Crippen LogP contribution in [0.15, 0.2) is 29.4 Å². The maximum absolute atomic E-state index is 13.8. The number of carbonyl (C=O) groups excluding carboxylic acids is 1. The van der Waals surface area contributed by atoms with Crippen LogP contribution in [0.3, 0.4) is 0 Å². The van der Waals surface area contributed by atoms with E-state index in [1.807, 2.05) is 27.7 Å². The maximum atomic E-state index is 13.8.